The molecule has 2 aromatic carbocycles. The van der Waals surface area contributed by atoms with E-state index in [1.807, 2.05) is 29.3 Å². The van der Waals surface area contributed by atoms with Crippen molar-refractivity contribution in [1.82, 2.24) is 20.4 Å². The van der Waals surface area contributed by atoms with Crippen LogP contribution in [0.5, 0.6) is 0 Å². The Bertz CT molecular complexity index is 962. The Labute approximate surface area is 163 Å². The first-order chi connectivity index (χ1) is 13.7. The molecule has 0 spiro atoms. The minimum absolute atomic E-state index is 0.00769. The largest absolute Gasteiger partial charge is 0.351 e. The molecule has 0 saturated carbocycles. The maximum Gasteiger partial charge on any atom is 0.225 e. The molecule has 1 aromatic heterocycles. The summed E-state index contributed by atoms with van der Waals surface area (Å²) in [6.07, 6.45) is 6.04. The number of nitrogens with zero attached hydrogens (tertiary/aromatic N) is 2. The quantitative estimate of drug-likeness (QED) is 0.666. The second-order valence-electron chi connectivity index (χ2n) is 7.34. The SMILES string of the molecule is O=C(CCCc1cn[nH]c1)N[C@@H]1CC(=O)N(Cc2cccc3ccccc23)C1. The number of benzene rings is 2. The summed E-state index contributed by atoms with van der Waals surface area (Å²) in [6.45, 7) is 1.14. The van der Waals surface area contributed by atoms with E-state index in [1.165, 1.54) is 10.8 Å². The van der Waals surface area contributed by atoms with Crippen LogP contribution < -0.4 is 5.32 Å². The van der Waals surface area contributed by atoms with Crippen molar-refractivity contribution in [2.45, 2.75) is 38.3 Å². The number of hydrogen-bond acceptors (Lipinski definition) is 3. The molecule has 28 heavy (non-hydrogen) atoms. The van der Waals surface area contributed by atoms with Crippen molar-refractivity contribution in [1.29, 1.82) is 0 Å². The molecule has 0 bridgehead atoms. The predicted molar refractivity (Wildman–Crippen MR) is 107 cm³/mol. The Morgan fingerprint density at radius 1 is 1.21 bits per heavy atom. The molecular formula is C22H24N4O2. The van der Waals surface area contributed by atoms with Gasteiger partial charge >= 0.3 is 0 Å². The lowest BCUT2D eigenvalue weighted by Crippen LogP contribution is -2.36. The fourth-order valence-electron chi connectivity index (χ4n) is 3.82. The third kappa shape index (κ3) is 4.22. The number of aromatic nitrogens is 2. The zero-order chi connectivity index (χ0) is 19.3. The van der Waals surface area contributed by atoms with Gasteiger partial charge < -0.3 is 10.2 Å². The molecule has 1 aliphatic rings. The number of nitrogens with one attached hydrogen (secondary N) is 2. The van der Waals surface area contributed by atoms with Gasteiger partial charge in [-0.05, 0) is 34.7 Å². The number of aromatic amines is 1. The monoisotopic (exact) mass is 376 g/mol. The highest BCUT2D eigenvalue weighted by Crippen LogP contribution is 2.22. The Morgan fingerprint density at radius 3 is 2.93 bits per heavy atom. The van der Waals surface area contributed by atoms with Gasteiger partial charge in [0.05, 0.1) is 12.2 Å². The topological polar surface area (TPSA) is 78.1 Å². The molecule has 144 valence electrons. The van der Waals surface area contributed by atoms with Crippen LogP contribution in [0.15, 0.2) is 54.9 Å². The Kier molecular flexibility index (Phi) is 5.37. The Balaban J connectivity index is 1.30. The van der Waals surface area contributed by atoms with Crippen LogP contribution in [0.1, 0.15) is 30.4 Å². The molecule has 0 unspecified atom stereocenters. The highest BCUT2D eigenvalue weighted by Gasteiger charge is 2.30. The van der Waals surface area contributed by atoms with Crippen LogP contribution in [0.25, 0.3) is 10.8 Å². The van der Waals surface area contributed by atoms with Gasteiger partial charge in [-0.2, -0.15) is 5.10 Å². The summed E-state index contributed by atoms with van der Waals surface area (Å²) in [5.41, 5.74) is 2.24. The molecule has 6 nitrogen and oxygen atoms in total. The van der Waals surface area contributed by atoms with Gasteiger partial charge in [0, 0.05) is 32.1 Å². The average molecular weight is 376 g/mol. The lowest BCUT2D eigenvalue weighted by atomic mass is 10.0. The summed E-state index contributed by atoms with van der Waals surface area (Å²) in [6, 6.07) is 14.3. The fourth-order valence-corrected chi connectivity index (χ4v) is 3.82. The van der Waals surface area contributed by atoms with E-state index in [9.17, 15) is 9.59 Å². The molecule has 3 aromatic rings. The van der Waals surface area contributed by atoms with Gasteiger partial charge in [-0.3, -0.25) is 14.7 Å². The molecule has 1 saturated heterocycles. The number of carbonyl (C=O) groups excluding carboxylic acids is 2. The van der Waals surface area contributed by atoms with Gasteiger partial charge in [0.1, 0.15) is 0 Å². The molecule has 0 radical (unpaired) electrons. The maximum absolute atomic E-state index is 12.4. The highest BCUT2D eigenvalue weighted by atomic mass is 16.2. The van der Waals surface area contributed by atoms with Gasteiger partial charge in [-0.25, -0.2) is 0 Å². The zero-order valence-corrected chi connectivity index (χ0v) is 15.7. The summed E-state index contributed by atoms with van der Waals surface area (Å²) < 4.78 is 0. The summed E-state index contributed by atoms with van der Waals surface area (Å²) in [7, 11) is 0. The van der Waals surface area contributed by atoms with E-state index in [-0.39, 0.29) is 17.9 Å². The van der Waals surface area contributed by atoms with Crippen LogP contribution >= 0.6 is 0 Å². The first-order valence-corrected chi connectivity index (χ1v) is 9.70. The summed E-state index contributed by atoms with van der Waals surface area (Å²) >= 11 is 0. The van der Waals surface area contributed by atoms with Crippen molar-refractivity contribution >= 4 is 22.6 Å². The molecular weight excluding hydrogens is 352 g/mol. The number of carbonyl (C=O) groups is 2. The van der Waals surface area contributed by atoms with E-state index >= 15 is 0 Å². The molecule has 0 aliphatic carbocycles. The normalized spacial score (nSPS) is 16.6. The number of amides is 2. The molecule has 2 N–H and O–H groups in total. The van der Waals surface area contributed by atoms with Gasteiger partial charge in [-0.15, -0.1) is 0 Å². The van der Waals surface area contributed by atoms with Crippen LogP contribution in [0, 0.1) is 0 Å². The number of aryl methyl sites for hydroxylation is 1. The van der Waals surface area contributed by atoms with E-state index in [0.717, 1.165) is 24.0 Å². The third-order valence-corrected chi connectivity index (χ3v) is 5.24. The van der Waals surface area contributed by atoms with Gasteiger partial charge in [-0.1, -0.05) is 42.5 Å². The lowest BCUT2D eigenvalue weighted by molar-refractivity contribution is -0.128. The molecule has 2 heterocycles. The van der Waals surface area contributed by atoms with Crippen molar-refractivity contribution < 1.29 is 9.59 Å². The van der Waals surface area contributed by atoms with E-state index in [0.29, 0.717) is 25.9 Å². The first kappa shape index (κ1) is 18.2. The van der Waals surface area contributed by atoms with E-state index in [4.69, 9.17) is 0 Å². The van der Waals surface area contributed by atoms with Gasteiger partial charge in [0.15, 0.2) is 0 Å². The van der Waals surface area contributed by atoms with Gasteiger partial charge in [0.2, 0.25) is 11.8 Å². The molecule has 2 amide bonds. The van der Waals surface area contributed by atoms with Crippen LogP contribution in [0.4, 0.5) is 0 Å². The maximum atomic E-state index is 12.4. The number of likely N-dealkylation sites (tertiary alicyclic amines) is 1. The number of H-pyrrole nitrogens is 1. The number of fused-ring (bicyclic) bond motifs is 1. The highest BCUT2D eigenvalue weighted by molar-refractivity contribution is 5.87. The smallest absolute Gasteiger partial charge is 0.225 e. The predicted octanol–water partition coefficient (Wildman–Crippen LogP) is 2.80. The number of hydrogen-bond donors (Lipinski definition) is 2. The Morgan fingerprint density at radius 2 is 2.07 bits per heavy atom. The van der Waals surface area contributed by atoms with Gasteiger partial charge in [0.25, 0.3) is 0 Å². The van der Waals surface area contributed by atoms with Crippen molar-refractivity contribution in [2.75, 3.05) is 6.54 Å². The Hall–Kier alpha value is -3.15. The zero-order valence-electron chi connectivity index (χ0n) is 15.7. The first-order valence-electron chi connectivity index (χ1n) is 9.70. The van der Waals surface area contributed by atoms with Crippen LogP contribution in [-0.2, 0) is 22.6 Å². The molecule has 1 fully saturated rings. The molecule has 4 rings (SSSR count). The van der Waals surface area contributed by atoms with Crippen molar-refractivity contribution in [3.63, 3.8) is 0 Å². The average Bonchev–Trinajstić information content (AvgIpc) is 3.32. The summed E-state index contributed by atoms with van der Waals surface area (Å²) in [5.74, 6) is 0.102. The second kappa shape index (κ2) is 8.25. The lowest BCUT2D eigenvalue weighted by Gasteiger charge is -2.18. The van der Waals surface area contributed by atoms with Crippen LogP contribution in [0.3, 0.4) is 0 Å². The molecule has 1 atom stereocenters. The minimum Gasteiger partial charge on any atom is -0.351 e. The fraction of sp³-hybridized carbons (Fsp3) is 0.318. The van der Waals surface area contributed by atoms with Crippen LogP contribution in [-0.4, -0.2) is 39.5 Å². The standard InChI is InChI=1S/C22H24N4O2/c27-21(10-3-5-16-12-23-24-13-16)25-19-11-22(28)26(15-19)14-18-8-4-7-17-6-1-2-9-20(17)18/h1-2,4,6-9,12-13,19H,3,5,10-11,14-15H2,(H,23,24)(H,25,27)/t19-/m1/s1. The molecule has 6 heteroatoms. The van der Waals surface area contributed by atoms with Crippen LogP contribution in [0.2, 0.25) is 0 Å². The third-order valence-electron chi connectivity index (χ3n) is 5.24. The minimum atomic E-state index is -0.107. The number of rotatable bonds is 7. The van der Waals surface area contributed by atoms with Crippen molar-refractivity contribution in [2.24, 2.45) is 0 Å². The summed E-state index contributed by atoms with van der Waals surface area (Å²) in [5, 5.41) is 12.0. The van der Waals surface area contributed by atoms with E-state index < -0.39 is 0 Å². The van der Waals surface area contributed by atoms with Crippen molar-refractivity contribution in [3.8, 4) is 0 Å². The molecule has 1 aliphatic heterocycles. The van der Waals surface area contributed by atoms with E-state index in [1.54, 1.807) is 6.20 Å². The van der Waals surface area contributed by atoms with E-state index in [2.05, 4.69) is 39.8 Å². The van der Waals surface area contributed by atoms with Crippen molar-refractivity contribution in [3.05, 3.63) is 66.0 Å². The second-order valence-corrected chi connectivity index (χ2v) is 7.34. The summed E-state index contributed by atoms with van der Waals surface area (Å²) in [4.78, 5) is 26.5.